The van der Waals surface area contributed by atoms with Crippen LogP contribution in [0.4, 0.5) is 5.69 Å². The van der Waals surface area contributed by atoms with E-state index in [1.807, 2.05) is 0 Å². The fourth-order valence-corrected chi connectivity index (χ4v) is 3.78. The highest BCUT2D eigenvalue weighted by Crippen LogP contribution is 2.26. The van der Waals surface area contributed by atoms with Crippen LogP contribution < -0.4 is 10.1 Å². The molecule has 2 aromatic carbocycles. The molecule has 0 saturated carbocycles. The molecule has 1 aliphatic heterocycles. The zero-order valence-electron chi connectivity index (χ0n) is 16.0. The zero-order valence-corrected chi connectivity index (χ0v) is 17.5. The molecule has 8 heteroatoms. The Kier molecular flexibility index (Phi) is 7.36. The predicted octanol–water partition coefficient (Wildman–Crippen LogP) is 4.26. The van der Waals surface area contributed by atoms with Crippen molar-refractivity contribution >= 4 is 40.7 Å². The fourth-order valence-electron chi connectivity index (χ4n) is 3.26. The summed E-state index contributed by atoms with van der Waals surface area (Å²) in [7, 11) is 1.60. The van der Waals surface area contributed by atoms with E-state index in [2.05, 4.69) is 5.32 Å². The van der Waals surface area contributed by atoms with E-state index in [0.717, 1.165) is 6.42 Å². The molecule has 2 aromatic rings. The van der Waals surface area contributed by atoms with E-state index in [-0.39, 0.29) is 11.8 Å². The van der Waals surface area contributed by atoms with Gasteiger partial charge in [0.25, 0.3) is 5.91 Å². The molecule has 154 valence electrons. The van der Waals surface area contributed by atoms with Gasteiger partial charge < -0.3 is 19.7 Å². The summed E-state index contributed by atoms with van der Waals surface area (Å²) in [5.74, 6) is 0.134. The maximum absolute atomic E-state index is 12.9. The maximum Gasteiger partial charge on any atom is 0.254 e. The highest BCUT2D eigenvalue weighted by Gasteiger charge is 2.34. The topological polar surface area (TPSA) is 67.9 Å². The minimum atomic E-state index is -0.557. The standard InChI is InChI=1S/C21H22Cl2N2O4/c1-28-8-9-29-18-5-2-4-17(13-18)24-20(26)19-6-3-7-25(19)21(27)14-10-15(22)12-16(23)11-14/h2,4-5,10-13,19H,3,6-9H2,1H3,(H,24,26). The molecular formula is C21H22Cl2N2O4. The Hall–Kier alpha value is -2.28. The smallest absolute Gasteiger partial charge is 0.254 e. The molecule has 0 aromatic heterocycles. The number of methoxy groups -OCH3 is 1. The fraction of sp³-hybridized carbons (Fsp3) is 0.333. The van der Waals surface area contributed by atoms with Crippen molar-refractivity contribution in [1.82, 2.24) is 4.90 Å². The summed E-state index contributed by atoms with van der Waals surface area (Å²) in [6, 6.07) is 11.2. The first-order chi connectivity index (χ1) is 14.0. The lowest BCUT2D eigenvalue weighted by Gasteiger charge is -2.24. The SMILES string of the molecule is COCCOc1cccc(NC(=O)C2CCCN2C(=O)c2cc(Cl)cc(Cl)c2)c1. The molecule has 1 fully saturated rings. The normalized spacial score (nSPS) is 16.0. The van der Waals surface area contributed by atoms with Gasteiger partial charge in [0.05, 0.1) is 6.61 Å². The van der Waals surface area contributed by atoms with Crippen molar-refractivity contribution in [2.75, 3.05) is 32.2 Å². The van der Waals surface area contributed by atoms with E-state index in [1.54, 1.807) is 54.5 Å². The van der Waals surface area contributed by atoms with E-state index in [4.69, 9.17) is 32.7 Å². The first-order valence-corrected chi connectivity index (χ1v) is 10.0. The van der Waals surface area contributed by atoms with Crippen molar-refractivity contribution in [1.29, 1.82) is 0 Å². The average Bonchev–Trinajstić information content (AvgIpc) is 3.17. The Balaban J connectivity index is 1.68. The van der Waals surface area contributed by atoms with E-state index < -0.39 is 6.04 Å². The van der Waals surface area contributed by atoms with Crippen LogP contribution in [-0.2, 0) is 9.53 Å². The van der Waals surface area contributed by atoms with Crippen LogP contribution in [0.1, 0.15) is 23.2 Å². The summed E-state index contributed by atoms with van der Waals surface area (Å²) in [5, 5.41) is 3.64. The van der Waals surface area contributed by atoms with Crippen molar-refractivity contribution in [2.24, 2.45) is 0 Å². The first-order valence-electron chi connectivity index (χ1n) is 9.27. The number of anilines is 1. The molecule has 1 unspecified atom stereocenters. The van der Waals surface area contributed by atoms with Gasteiger partial charge in [0, 0.05) is 41.0 Å². The number of benzene rings is 2. The van der Waals surface area contributed by atoms with E-state index >= 15 is 0 Å². The van der Waals surface area contributed by atoms with Crippen LogP contribution in [0.15, 0.2) is 42.5 Å². The Morgan fingerprint density at radius 2 is 1.90 bits per heavy atom. The van der Waals surface area contributed by atoms with Crippen LogP contribution in [0.5, 0.6) is 5.75 Å². The summed E-state index contributed by atoms with van der Waals surface area (Å²) in [4.78, 5) is 27.3. The molecule has 6 nitrogen and oxygen atoms in total. The summed E-state index contributed by atoms with van der Waals surface area (Å²) in [6.07, 6.45) is 1.34. The summed E-state index contributed by atoms with van der Waals surface area (Å²) < 4.78 is 10.5. The number of nitrogens with zero attached hydrogens (tertiary/aromatic N) is 1. The molecule has 29 heavy (non-hydrogen) atoms. The second-order valence-corrected chi connectivity index (χ2v) is 7.55. The third-order valence-electron chi connectivity index (χ3n) is 4.58. The number of carbonyl (C=O) groups is 2. The highest BCUT2D eigenvalue weighted by molar-refractivity contribution is 6.35. The second kappa shape index (κ2) is 9.96. The van der Waals surface area contributed by atoms with E-state index in [0.29, 0.717) is 53.2 Å². The van der Waals surface area contributed by atoms with Gasteiger partial charge in [0.2, 0.25) is 5.91 Å². The van der Waals surface area contributed by atoms with Crippen molar-refractivity contribution in [3.8, 4) is 5.75 Å². The number of likely N-dealkylation sites (tertiary alicyclic amines) is 1. The first kappa shape index (κ1) is 21.4. The lowest BCUT2D eigenvalue weighted by molar-refractivity contribution is -0.119. The Morgan fingerprint density at radius 3 is 2.62 bits per heavy atom. The molecular weight excluding hydrogens is 415 g/mol. The van der Waals surface area contributed by atoms with Gasteiger partial charge in [0.1, 0.15) is 18.4 Å². The minimum Gasteiger partial charge on any atom is -0.491 e. The third-order valence-corrected chi connectivity index (χ3v) is 5.02. The number of amides is 2. The number of nitrogens with one attached hydrogen (secondary N) is 1. The molecule has 1 aliphatic rings. The van der Waals surface area contributed by atoms with Crippen LogP contribution in [0.2, 0.25) is 10.0 Å². The monoisotopic (exact) mass is 436 g/mol. The van der Waals surface area contributed by atoms with Gasteiger partial charge in [-0.15, -0.1) is 0 Å². The van der Waals surface area contributed by atoms with E-state index in [1.165, 1.54) is 0 Å². The highest BCUT2D eigenvalue weighted by atomic mass is 35.5. The number of carbonyl (C=O) groups excluding carboxylic acids is 2. The number of ether oxygens (including phenoxy) is 2. The minimum absolute atomic E-state index is 0.238. The molecule has 1 N–H and O–H groups in total. The molecule has 0 spiro atoms. The number of halogens is 2. The van der Waals surface area contributed by atoms with Crippen molar-refractivity contribution in [3.63, 3.8) is 0 Å². The van der Waals surface area contributed by atoms with Crippen LogP contribution in [0.3, 0.4) is 0 Å². The lowest BCUT2D eigenvalue weighted by atomic mass is 10.1. The largest absolute Gasteiger partial charge is 0.491 e. The number of hydrogen-bond acceptors (Lipinski definition) is 4. The van der Waals surface area contributed by atoms with Crippen molar-refractivity contribution in [3.05, 3.63) is 58.1 Å². The lowest BCUT2D eigenvalue weighted by Crippen LogP contribution is -2.43. The number of hydrogen-bond donors (Lipinski definition) is 1. The van der Waals surface area contributed by atoms with Gasteiger partial charge >= 0.3 is 0 Å². The molecule has 2 amide bonds. The zero-order chi connectivity index (χ0) is 20.8. The molecule has 1 atom stereocenters. The van der Waals surface area contributed by atoms with Crippen molar-refractivity contribution in [2.45, 2.75) is 18.9 Å². The summed E-state index contributed by atoms with van der Waals surface area (Å²) >= 11 is 12.0. The van der Waals surface area contributed by atoms with Gasteiger partial charge in [-0.3, -0.25) is 9.59 Å². The summed E-state index contributed by atoms with van der Waals surface area (Å²) in [5.41, 5.74) is 0.978. The molecule has 0 radical (unpaired) electrons. The molecule has 3 rings (SSSR count). The second-order valence-electron chi connectivity index (χ2n) is 6.67. The van der Waals surface area contributed by atoms with Gasteiger partial charge in [-0.05, 0) is 43.2 Å². The maximum atomic E-state index is 12.9. The van der Waals surface area contributed by atoms with Crippen LogP contribution in [-0.4, -0.2) is 49.6 Å². The van der Waals surface area contributed by atoms with Gasteiger partial charge in [-0.1, -0.05) is 29.3 Å². The van der Waals surface area contributed by atoms with Crippen LogP contribution in [0, 0.1) is 0 Å². The van der Waals surface area contributed by atoms with E-state index in [9.17, 15) is 9.59 Å². The Labute approximate surface area is 179 Å². The van der Waals surface area contributed by atoms with Gasteiger partial charge in [0.15, 0.2) is 0 Å². The van der Waals surface area contributed by atoms with Crippen LogP contribution in [0.25, 0.3) is 0 Å². The van der Waals surface area contributed by atoms with Crippen molar-refractivity contribution < 1.29 is 19.1 Å². The number of rotatable bonds is 7. The average molecular weight is 437 g/mol. The van der Waals surface area contributed by atoms with Crippen LogP contribution >= 0.6 is 23.2 Å². The molecule has 1 saturated heterocycles. The summed E-state index contributed by atoms with van der Waals surface area (Å²) in [6.45, 7) is 1.39. The Bertz CT molecular complexity index is 870. The molecule has 0 aliphatic carbocycles. The molecule has 0 bridgehead atoms. The third kappa shape index (κ3) is 5.63. The van der Waals surface area contributed by atoms with Gasteiger partial charge in [-0.25, -0.2) is 0 Å². The Morgan fingerprint density at radius 1 is 1.14 bits per heavy atom. The van der Waals surface area contributed by atoms with Gasteiger partial charge in [-0.2, -0.15) is 0 Å². The molecule has 1 heterocycles. The quantitative estimate of drug-likeness (QED) is 0.658. The predicted molar refractivity (Wildman–Crippen MR) is 113 cm³/mol.